The second-order valence-corrected chi connectivity index (χ2v) is 9.21. The van der Waals surface area contributed by atoms with Crippen molar-refractivity contribution in [3.05, 3.63) is 95.1 Å². The van der Waals surface area contributed by atoms with Gasteiger partial charge >= 0.3 is 0 Å². The minimum atomic E-state index is -0.304. The van der Waals surface area contributed by atoms with E-state index in [1.807, 2.05) is 23.7 Å². The normalized spacial score (nSPS) is 24.6. The van der Waals surface area contributed by atoms with Crippen LogP contribution in [0.5, 0.6) is 0 Å². The van der Waals surface area contributed by atoms with E-state index in [1.54, 1.807) is 0 Å². The first-order valence-corrected chi connectivity index (χ1v) is 11.2. The molecule has 2 saturated carbocycles. The molecule has 6 rings (SSSR count). The number of hydroxylamine groups is 1. The molecule has 156 valence electrons. The summed E-state index contributed by atoms with van der Waals surface area (Å²) in [5.41, 5.74) is 9.53. The zero-order valence-corrected chi connectivity index (χ0v) is 17.4. The third-order valence-electron chi connectivity index (χ3n) is 7.26. The zero-order chi connectivity index (χ0) is 20.9. The van der Waals surface area contributed by atoms with Crippen molar-refractivity contribution < 1.29 is 10.0 Å². The number of benzene rings is 3. The van der Waals surface area contributed by atoms with Gasteiger partial charge in [-0.3, -0.25) is 14.9 Å². The van der Waals surface area contributed by atoms with Crippen LogP contribution in [0.1, 0.15) is 46.9 Å². The first kappa shape index (κ1) is 18.8. The molecule has 3 aromatic carbocycles. The summed E-state index contributed by atoms with van der Waals surface area (Å²) in [6, 6.07) is 26.4. The van der Waals surface area contributed by atoms with Gasteiger partial charge in [-0.25, -0.2) is 5.48 Å². The average Bonchev–Trinajstić information content (AvgIpc) is 3.74. The number of carbonyl (C=O) groups is 1. The summed E-state index contributed by atoms with van der Waals surface area (Å²) >= 11 is 0. The van der Waals surface area contributed by atoms with Crippen LogP contribution in [-0.4, -0.2) is 22.1 Å². The Hall–Kier alpha value is -2.95. The Bertz CT molecular complexity index is 1120. The molecule has 3 aliphatic rings. The molecule has 4 nitrogen and oxygen atoms in total. The van der Waals surface area contributed by atoms with E-state index >= 15 is 0 Å². The number of hydrogen-bond acceptors (Lipinski definition) is 3. The summed E-state index contributed by atoms with van der Waals surface area (Å²) in [5.74, 6) is -0.336. The minimum Gasteiger partial charge on any atom is -0.292 e. The van der Waals surface area contributed by atoms with Crippen molar-refractivity contribution in [1.82, 2.24) is 10.4 Å². The Labute approximate surface area is 182 Å². The van der Waals surface area contributed by atoms with Crippen molar-refractivity contribution in [3.8, 4) is 11.1 Å². The second-order valence-electron chi connectivity index (χ2n) is 9.21. The lowest BCUT2D eigenvalue weighted by molar-refractivity contribution is -0.130. The van der Waals surface area contributed by atoms with Crippen molar-refractivity contribution in [1.29, 1.82) is 0 Å². The summed E-state index contributed by atoms with van der Waals surface area (Å²) in [7, 11) is 0. The van der Waals surface area contributed by atoms with Crippen LogP contribution in [0.2, 0.25) is 0 Å². The highest BCUT2D eigenvalue weighted by molar-refractivity contribution is 5.84. The maximum atomic E-state index is 12.3. The molecule has 3 atom stereocenters. The first-order valence-electron chi connectivity index (χ1n) is 11.2. The number of amides is 1. The highest BCUT2D eigenvalue weighted by Gasteiger charge is 2.56. The molecule has 2 aliphatic carbocycles. The second kappa shape index (κ2) is 7.33. The first-order chi connectivity index (χ1) is 15.2. The van der Waals surface area contributed by atoms with Crippen LogP contribution in [0, 0.1) is 5.92 Å². The molecule has 0 bridgehead atoms. The smallest absolute Gasteiger partial charge is 0.247 e. The van der Waals surface area contributed by atoms with Crippen LogP contribution in [0.4, 0.5) is 0 Å². The molecule has 3 unspecified atom stereocenters. The van der Waals surface area contributed by atoms with Crippen molar-refractivity contribution >= 4 is 5.91 Å². The van der Waals surface area contributed by atoms with Gasteiger partial charge in [0.2, 0.25) is 5.91 Å². The molecule has 1 amide bonds. The number of rotatable bonds is 5. The molecular formula is C27H26N2O2. The Morgan fingerprint density at radius 2 is 1.45 bits per heavy atom. The molecule has 4 heteroatoms. The molecule has 31 heavy (non-hydrogen) atoms. The molecular weight excluding hydrogens is 384 g/mol. The molecule has 2 N–H and O–H groups in total. The Balaban J connectivity index is 1.24. The maximum absolute atomic E-state index is 12.3. The molecule has 2 fully saturated rings. The van der Waals surface area contributed by atoms with Crippen LogP contribution in [-0.2, 0) is 17.9 Å². The molecule has 1 aliphatic heterocycles. The van der Waals surface area contributed by atoms with E-state index < -0.39 is 0 Å². The van der Waals surface area contributed by atoms with E-state index in [2.05, 4.69) is 59.5 Å². The monoisotopic (exact) mass is 410 g/mol. The topological polar surface area (TPSA) is 52.6 Å². The van der Waals surface area contributed by atoms with Crippen molar-refractivity contribution in [3.63, 3.8) is 0 Å². The highest BCUT2D eigenvalue weighted by atomic mass is 16.5. The summed E-state index contributed by atoms with van der Waals surface area (Å²) < 4.78 is 0. The van der Waals surface area contributed by atoms with Gasteiger partial charge in [-0.15, -0.1) is 0 Å². The van der Waals surface area contributed by atoms with Crippen LogP contribution >= 0.6 is 0 Å². The molecule has 0 radical (unpaired) electrons. The van der Waals surface area contributed by atoms with Gasteiger partial charge in [-0.05, 0) is 52.3 Å². The van der Waals surface area contributed by atoms with Gasteiger partial charge < -0.3 is 0 Å². The van der Waals surface area contributed by atoms with Gasteiger partial charge in [-0.1, -0.05) is 66.7 Å². The summed E-state index contributed by atoms with van der Waals surface area (Å²) in [6.45, 7) is 2.17. The summed E-state index contributed by atoms with van der Waals surface area (Å²) in [4.78, 5) is 14.8. The van der Waals surface area contributed by atoms with Crippen LogP contribution < -0.4 is 5.48 Å². The fraction of sp³-hybridized carbons (Fsp3) is 0.296. The lowest BCUT2D eigenvalue weighted by atomic mass is 9.98. The minimum absolute atomic E-state index is 0.0933. The largest absolute Gasteiger partial charge is 0.292 e. The number of nitrogens with one attached hydrogen (secondary N) is 1. The maximum Gasteiger partial charge on any atom is 0.247 e. The summed E-state index contributed by atoms with van der Waals surface area (Å²) in [6.07, 6.45) is 2.70. The molecule has 3 aromatic rings. The fourth-order valence-corrected chi connectivity index (χ4v) is 5.41. The van der Waals surface area contributed by atoms with E-state index in [1.165, 1.54) is 35.1 Å². The van der Waals surface area contributed by atoms with Gasteiger partial charge in [0.1, 0.15) is 0 Å². The average molecular weight is 411 g/mol. The van der Waals surface area contributed by atoms with Gasteiger partial charge in [0, 0.05) is 31.0 Å². The lowest BCUT2D eigenvalue weighted by Crippen LogP contribution is -2.21. The van der Waals surface area contributed by atoms with Crippen LogP contribution in [0.3, 0.4) is 0 Å². The van der Waals surface area contributed by atoms with Gasteiger partial charge in [0.05, 0.1) is 5.92 Å². The quantitative estimate of drug-likeness (QED) is 0.468. The van der Waals surface area contributed by atoms with E-state index in [9.17, 15) is 10.0 Å². The van der Waals surface area contributed by atoms with Crippen molar-refractivity contribution in [2.75, 3.05) is 0 Å². The standard InChI is InChI=1S/C27H26N2O2/c30-27(28-31)26-24(18-4-2-1-3-5-18)25(26)19-8-6-17(7-9-19)20-10-11-21-15-29(23-12-13-23)16-22(21)14-20/h1-11,14,23-26,31H,12-13,15-16H2,(H,28,30). The third kappa shape index (κ3) is 3.36. The van der Waals surface area contributed by atoms with E-state index in [-0.39, 0.29) is 23.7 Å². The number of nitrogens with zero attached hydrogens (tertiary/aromatic N) is 1. The summed E-state index contributed by atoms with van der Waals surface area (Å²) in [5, 5.41) is 9.20. The van der Waals surface area contributed by atoms with Crippen molar-refractivity contribution in [2.45, 2.75) is 43.8 Å². The van der Waals surface area contributed by atoms with E-state index in [0.29, 0.717) is 0 Å². The van der Waals surface area contributed by atoms with E-state index in [0.717, 1.165) is 30.3 Å². The molecule has 0 aromatic heterocycles. The highest BCUT2D eigenvalue weighted by Crippen LogP contribution is 2.60. The van der Waals surface area contributed by atoms with Crippen LogP contribution in [0.25, 0.3) is 11.1 Å². The Morgan fingerprint density at radius 3 is 2.13 bits per heavy atom. The van der Waals surface area contributed by atoms with Crippen LogP contribution in [0.15, 0.2) is 72.8 Å². The lowest BCUT2D eigenvalue weighted by Gasteiger charge is -2.12. The SMILES string of the molecule is O=C(NO)C1C(c2ccccc2)C1c1ccc(-c2ccc3c(c2)CN(C2CC2)C3)cc1. The van der Waals surface area contributed by atoms with Gasteiger partial charge in [0.25, 0.3) is 0 Å². The zero-order valence-electron chi connectivity index (χ0n) is 17.4. The molecule has 0 saturated heterocycles. The fourth-order valence-electron chi connectivity index (χ4n) is 5.41. The predicted octanol–water partition coefficient (Wildman–Crippen LogP) is 4.83. The van der Waals surface area contributed by atoms with Gasteiger partial charge in [-0.2, -0.15) is 0 Å². The molecule has 1 heterocycles. The number of carbonyl (C=O) groups excluding carboxylic acids is 1. The van der Waals surface area contributed by atoms with E-state index in [4.69, 9.17) is 0 Å². The number of fused-ring (bicyclic) bond motifs is 1. The molecule has 0 spiro atoms. The Kier molecular flexibility index (Phi) is 4.44. The predicted molar refractivity (Wildman–Crippen MR) is 119 cm³/mol. The van der Waals surface area contributed by atoms with Gasteiger partial charge in [0.15, 0.2) is 0 Å². The third-order valence-corrected chi connectivity index (χ3v) is 7.26. The Morgan fingerprint density at radius 1 is 0.806 bits per heavy atom. The van der Waals surface area contributed by atoms with Crippen molar-refractivity contribution in [2.24, 2.45) is 5.92 Å². The number of hydrogen-bond donors (Lipinski definition) is 2.